The molecule has 4 heteroatoms. The molecule has 142 valence electrons. The molecule has 0 radical (unpaired) electrons. The second-order valence-corrected chi connectivity index (χ2v) is 16.5. The molecule has 0 saturated carbocycles. The largest absolute Gasteiger partial charge is 0.317 e. The highest BCUT2D eigenvalue weighted by atomic mass is 28.3. The highest BCUT2D eigenvalue weighted by molar-refractivity contribution is 6.81. The molecule has 24 heavy (non-hydrogen) atoms. The summed E-state index contributed by atoms with van der Waals surface area (Å²) in [6, 6.07) is 2.26. The molecule has 1 fully saturated rings. The maximum atomic E-state index is 3.69. The standard InChI is InChI=1S/C20H44N2Si2/c1-16(2)15-23-13-9-10-20-14-21-11-12-22(20)24(17(3)4,18(5)6)19(7)8/h15,17-21H,9-14,23H2,1-8H3. The molecule has 1 aliphatic rings. The van der Waals surface area contributed by atoms with Crippen LogP contribution in [0.15, 0.2) is 11.3 Å². The second kappa shape index (κ2) is 10.3. The van der Waals surface area contributed by atoms with Crippen LogP contribution >= 0.6 is 0 Å². The smallest absolute Gasteiger partial charge is 0.136 e. The quantitative estimate of drug-likeness (QED) is 0.467. The normalized spacial score (nSPS) is 20.7. The van der Waals surface area contributed by atoms with Crippen molar-refractivity contribution in [2.24, 2.45) is 0 Å². The van der Waals surface area contributed by atoms with Gasteiger partial charge in [0.2, 0.25) is 0 Å². The van der Waals surface area contributed by atoms with E-state index in [0.29, 0.717) is 0 Å². The molecule has 1 unspecified atom stereocenters. The van der Waals surface area contributed by atoms with E-state index in [-0.39, 0.29) is 9.52 Å². The average Bonchev–Trinajstić information content (AvgIpc) is 2.47. The first kappa shape index (κ1) is 22.1. The van der Waals surface area contributed by atoms with Gasteiger partial charge in [-0.2, -0.15) is 0 Å². The van der Waals surface area contributed by atoms with E-state index in [1.165, 1.54) is 44.1 Å². The Balaban J connectivity index is 2.84. The summed E-state index contributed by atoms with van der Waals surface area (Å²) in [6.45, 7) is 23.2. The lowest BCUT2D eigenvalue weighted by Crippen LogP contribution is -2.68. The zero-order valence-corrected chi connectivity index (χ0v) is 20.2. The predicted molar refractivity (Wildman–Crippen MR) is 116 cm³/mol. The number of hydrogen-bond acceptors (Lipinski definition) is 2. The van der Waals surface area contributed by atoms with E-state index in [4.69, 9.17) is 0 Å². The Kier molecular flexibility index (Phi) is 9.49. The van der Waals surface area contributed by atoms with Crippen LogP contribution in [0.4, 0.5) is 0 Å². The predicted octanol–water partition coefficient (Wildman–Crippen LogP) is 4.73. The summed E-state index contributed by atoms with van der Waals surface area (Å²) in [5, 5.41) is 3.69. The van der Waals surface area contributed by atoms with Gasteiger partial charge in [0.25, 0.3) is 0 Å². The minimum atomic E-state index is -1.48. The van der Waals surface area contributed by atoms with Crippen molar-refractivity contribution >= 4 is 17.8 Å². The first-order chi connectivity index (χ1) is 11.2. The fourth-order valence-electron chi connectivity index (χ4n) is 5.44. The zero-order chi connectivity index (χ0) is 18.3. The van der Waals surface area contributed by atoms with Gasteiger partial charge >= 0.3 is 0 Å². The molecule has 1 aliphatic heterocycles. The van der Waals surface area contributed by atoms with Gasteiger partial charge < -0.3 is 9.88 Å². The number of hydrogen-bond donors (Lipinski definition) is 1. The molecule has 0 bridgehead atoms. The van der Waals surface area contributed by atoms with Gasteiger partial charge in [0.1, 0.15) is 8.24 Å². The molecule has 1 saturated heterocycles. The lowest BCUT2D eigenvalue weighted by molar-refractivity contribution is 0.232. The van der Waals surface area contributed by atoms with E-state index in [9.17, 15) is 0 Å². The van der Waals surface area contributed by atoms with Crippen molar-refractivity contribution in [3.05, 3.63) is 11.3 Å². The lowest BCUT2D eigenvalue weighted by atomic mass is 10.1. The minimum Gasteiger partial charge on any atom is -0.317 e. The third-order valence-corrected chi connectivity index (χ3v) is 15.3. The molecule has 0 amide bonds. The highest BCUT2D eigenvalue weighted by Gasteiger charge is 2.50. The Morgan fingerprint density at radius 2 is 1.71 bits per heavy atom. The van der Waals surface area contributed by atoms with Gasteiger partial charge in [-0.15, -0.1) is 5.70 Å². The van der Waals surface area contributed by atoms with E-state index < -0.39 is 8.24 Å². The summed E-state index contributed by atoms with van der Waals surface area (Å²) in [5.41, 5.74) is 6.55. The first-order valence-electron chi connectivity index (χ1n) is 10.3. The van der Waals surface area contributed by atoms with Gasteiger partial charge in [0.15, 0.2) is 0 Å². The van der Waals surface area contributed by atoms with Crippen molar-refractivity contribution in [3.8, 4) is 0 Å². The van der Waals surface area contributed by atoms with E-state index in [0.717, 1.165) is 22.7 Å². The molecule has 1 heterocycles. The van der Waals surface area contributed by atoms with Gasteiger partial charge in [-0.05, 0) is 36.9 Å². The van der Waals surface area contributed by atoms with E-state index >= 15 is 0 Å². The summed E-state index contributed by atoms with van der Waals surface area (Å²) >= 11 is 0. The molecular weight excluding hydrogens is 324 g/mol. The van der Waals surface area contributed by atoms with Crippen LogP contribution in [0.2, 0.25) is 22.7 Å². The van der Waals surface area contributed by atoms with Crippen LogP contribution < -0.4 is 5.32 Å². The average molecular weight is 369 g/mol. The molecule has 0 aromatic rings. The van der Waals surface area contributed by atoms with Crippen molar-refractivity contribution in [2.45, 2.75) is 96.9 Å². The van der Waals surface area contributed by atoms with E-state index in [1.807, 2.05) is 0 Å². The fraction of sp³-hybridized carbons (Fsp3) is 0.900. The molecule has 1 rings (SSSR count). The van der Waals surface area contributed by atoms with Gasteiger partial charge in [0.05, 0.1) is 0 Å². The van der Waals surface area contributed by atoms with Crippen molar-refractivity contribution < 1.29 is 0 Å². The van der Waals surface area contributed by atoms with E-state index in [1.54, 1.807) is 0 Å². The molecule has 0 aliphatic carbocycles. The zero-order valence-electron chi connectivity index (χ0n) is 17.8. The van der Waals surface area contributed by atoms with Crippen LogP contribution in [0.1, 0.15) is 68.2 Å². The number of rotatable bonds is 9. The Hall–Kier alpha value is 0.0938. The van der Waals surface area contributed by atoms with Crippen LogP contribution in [0.3, 0.4) is 0 Å². The molecule has 2 nitrogen and oxygen atoms in total. The maximum absolute atomic E-state index is 3.69. The van der Waals surface area contributed by atoms with E-state index in [2.05, 4.69) is 71.0 Å². The third kappa shape index (κ3) is 5.29. The second-order valence-electron chi connectivity index (χ2n) is 8.97. The molecular formula is C20H44N2Si2. The summed E-state index contributed by atoms with van der Waals surface area (Å²) in [4.78, 5) is 0. The fourth-order valence-corrected chi connectivity index (χ4v) is 14.1. The van der Waals surface area contributed by atoms with Gasteiger partial charge in [-0.25, -0.2) is 0 Å². The van der Waals surface area contributed by atoms with Gasteiger partial charge in [-0.3, -0.25) is 0 Å². The summed E-state index contributed by atoms with van der Waals surface area (Å²) < 4.78 is 3.06. The summed E-state index contributed by atoms with van der Waals surface area (Å²) in [6.07, 6.45) is 2.83. The van der Waals surface area contributed by atoms with Crippen molar-refractivity contribution in [1.82, 2.24) is 9.88 Å². The Morgan fingerprint density at radius 3 is 2.21 bits per heavy atom. The molecule has 0 aromatic heterocycles. The number of nitrogens with zero attached hydrogens (tertiary/aromatic N) is 1. The molecule has 0 aromatic carbocycles. The number of nitrogens with one attached hydrogen (secondary N) is 1. The number of allylic oxidation sites excluding steroid dienone is 1. The van der Waals surface area contributed by atoms with Gasteiger partial charge in [0, 0.05) is 35.2 Å². The Bertz CT molecular complexity index is 365. The Morgan fingerprint density at radius 1 is 1.12 bits per heavy atom. The highest BCUT2D eigenvalue weighted by Crippen LogP contribution is 2.45. The van der Waals surface area contributed by atoms with Crippen molar-refractivity contribution in [1.29, 1.82) is 0 Å². The van der Waals surface area contributed by atoms with Crippen LogP contribution in [0.25, 0.3) is 0 Å². The SMILES string of the molecule is CC(C)=C[SiH2]CCCC1CNCCN1[Si](C(C)C)(C(C)C)C(C)C. The minimum absolute atomic E-state index is 0.0296. The van der Waals surface area contributed by atoms with Crippen LogP contribution in [0, 0.1) is 0 Å². The molecule has 0 spiro atoms. The van der Waals surface area contributed by atoms with Gasteiger partial charge in [-0.1, -0.05) is 59.6 Å². The topological polar surface area (TPSA) is 15.3 Å². The lowest BCUT2D eigenvalue weighted by Gasteiger charge is -2.56. The molecule has 1 N–H and O–H groups in total. The van der Waals surface area contributed by atoms with Crippen LogP contribution in [-0.4, -0.2) is 48.0 Å². The first-order valence-corrected chi connectivity index (χ1v) is 14.3. The van der Waals surface area contributed by atoms with Crippen LogP contribution in [-0.2, 0) is 0 Å². The summed E-state index contributed by atoms with van der Waals surface area (Å²) in [5.74, 6) is 0. The maximum Gasteiger partial charge on any atom is 0.136 e. The van der Waals surface area contributed by atoms with Crippen molar-refractivity contribution in [2.75, 3.05) is 19.6 Å². The monoisotopic (exact) mass is 368 g/mol. The Labute approximate surface area is 155 Å². The molecule has 1 atom stereocenters. The third-order valence-electron chi connectivity index (χ3n) is 6.17. The number of piperazine rings is 1. The van der Waals surface area contributed by atoms with Crippen LogP contribution in [0.5, 0.6) is 0 Å². The van der Waals surface area contributed by atoms with Crippen molar-refractivity contribution in [3.63, 3.8) is 0 Å². The summed E-state index contributed by atoms with van der Waals surface area (Å²) in [7, 11) is -1.45.